The van der Waals surface area contributed by atoms with Crippen molar-refractivity contribution in [3.63, 3.8) is 0 Å². The third kappa shape index (κ3) is 2.56. The fourth-order valence-corrected chi connectivity index (χ4v) is 2.12. The molecule has 90 valence electrons. The van der Waals surface area contributed by atoms with Gasteiger partial charge in [0, 0.05) is 18.3 Å². The molecule has 0 saturated heterocycles. The van der Waals surface area contributed by atoms with Crippen LogP contribution < -0.4 is 11.1 Å². The molecule has 1 aliphatic rings. The van der Waals surface area contributed by atoms with Crippen molar-refractivity contribution in [2.24, 2.45) is 5.73 Å². The van der Waals surface area contributed by atoms with Crippen molar-refractivity contribution in [1.29, 1.82) is 5.26 Å². The molecule has 1 aromatic rings. The zero-order valence-electron chi connectivity index (χ0n) is 10.2. The van der Waals surface area contributed by atoms with E-state index in [4.69, 9.17) is 11.0 Å². The second-order valence-corrected chi connectivity index (χ2v) is 4.59. The zero-order chi connectivity index (χ0) is 12.3. The number of pyridine rings is 1. The Morgan fingerprint density at radius 1 is 1.53 bits per heavy atom. The fraction of sp³-hybridized carbons (Fsp3) is 0.538. The van der Waals surface area contributed by atoms with Crippen LogP contribution in [-0.4, -0.2) is 17.6 Å². The summed E-state index contributed by atoms with van der Waals surface area (Å²) < 4.78 is 0. The highest BCUT2D eigenvalue weighted by atomic mass is 15.0. The molecule has 0 bridgehead atoms. The Hall–Kier alpha value is -1.60. The molecule has 4 heteroatoms. The molecule has 0 amide bonds. The van der Waals surface area contributed by atoms with Gasteiger partial charge in [-0.3, -0.25) is 0 Å². The monoisotopic (exact) mass is 230 g/mol. The Morgan fingerprint density at radius 3 is 3.00 bits per heavy atom. The number of nitrogens with one attached hydrogen (secondary N) is 1. The summed E-state index contributed by atoms with van der Waals surface area (Å²) in [4.78, 5) is 4.58. The molecule has 0 fully saturated rings. The number of anilines is 1. The number of hydrogen-bond acceptors (Lipinski definition) is 4. The Kier molecular flexibility index (Phi) is 3.60. The second-order valence-electron chi connectivity index (χ2n) is 4.59. The lowest BCUT2D eigenvalue weighted by atomic mass is 9.95. The van der Waals surface area contributed by atoms with Crippen LogP contribution in [0, 0.1) is 11.3 Å². The van der Waals surface area contributed by atoms with Gasteiger partial charge in [0.1, 0.15) is 11.9 Å². The van der Waals surface area contributed by atoms with E-state index in [1.165, 1.54) is 18.4 Å². The van der Waals surface area contributed by atoms with E-state index in [1.807, 2.05) is 13.0 Å². The highest BCUT2D eigenvalue weighted by Crippen LogP contribution is 2.24. The van der Waals surface area contributed by atoms with Crippen LogP contribution in [-0.2, 0) is 12.8 Å². The van der Waals surface area contributed by atoms with Crippen molar-refractivity contribution in [2.45, 2.75) is 38.6 Å². The van der Waals surface area contributed by atoms with Crippen LogP contribution in [0.5, 0.6) is 0 Å². The summed E-state index contributed by atoms with van der Waals surface area (Å²) >= 11 is 0. The minimum Gasteiger partial charge on any atom is -0.365 e. The van der Waals surface area contributed by atoms with Crippen LogP contribution in [0.3, 0.4) is 0 Å². The van der Waals surface area contributed by atoms with E-state index in [-0.39, 0.29) is 6.04 Å². The Labute approximate surface area is 102 Å². The Morgan fingerprint density at radius 2 is 2.29 bits per heavy atom. The van der Waals surface area contributed by atoms with Crippen molar-refractivity contribution in [2.75, 3.05) is 11.9 Å². The number of hydrogen-bond donors (Lipinski definition) is 2. The summed E-state index contributed by atoms with van der Waals surface area (Å²) in [5.74, 6) is 0.686. The smallest absolute Gasteiger partial charge is 0.144 e. The topological polar surface area (TPSA) is 74.7 Å². The lowest BCUT2D eigenvalue weighted by molar-refractivity contribution is 0.666. The van der Waals surface area contributed by atoms with E-state index in [2.05, 4.69) is 16.4 Å². The van der Waals surface area contributed by atoms with Crippen molar-refractivity contribution >= 4 is 5.82 Å². The molecule has 1 aromatic heterocycles. The summed E-state index contributed by atoms with van der Waals surface area (Å²) in [6.07, 6.45) is 4.46. The quantitative estimate of drug-likeness (QED) is 0.827. The van der Waals surface area contributed by atoms with Gasteiger partial charge in [0.2, 0.25) is 0 Å². The van der Waals surface area contributed by atoms with Crippen LogP contribution in [0.1, 0.15) is 36.6 Å². The van der Waals surface area contributed by atoms with Crippen LogP contribution in [0.4, 0.5) is 5.82 Å². The first-order valence-corrected chi connectivity index (χ1v) is 6.14. The number of aryl methyl sites for hydroxylation is 2. The fourth-order valence-electron chi connectivity index (χ4n) is 2.12. The molecule has 0 aromatic carbocycles. The van der Waals surface area contributed by atoms with Crippen molar-refractivity contribution in [3.05, 3.63) is 22.9 Å². The number of nitrogens with two attached hydrogens (primary N) is 1. The largest absolute Gasteiger partial charge is 0.365 e. The number of nitrogens with zero attached hydrogens (tertiary/aromatic N) is 2. The lowest BCUT2D eigenvalue weighted by Crippen LogP contribution is -2.26. The van der Waals surface area contributed by atoms with Crippen LogP contribution >= 0.6 is 0 Å². The molecule has 17 heavy (non-hydrogen) atoms. The van der Waals surface area contributed by atoms with E-state index in [9.17, 15) is 0 Å². The molecule has 0 spiro atoms. The van der Waals surface area contributed by atoms with Crippen molar-refractivity contribution < 1.29 is 0 Å². The average molecular weight is 230 g/mol. The van der Waals surface area contributed by atoms with Crippen molar-refractivity contribution in [3.8, 4) is 6.07 Å². The highest BCUT2D eigenvalue weighted by Gasteiger charge is 2.15. The standard InChI is InChI=1S/C13H18N4/c1-9(7-14)16-13-11(8-15)6-10-4-2-3-5-12(10)17-13/h6,9H,2-5,7,14H2,1H3,(H,16,17). The van der Waals surface area contributed by atoms with Gasteiger partial charge in [-0.1, -0.05) is 0 Å². The highest BCUT2D eigenvalue weighted by molar-refractivity contribution is 5.55. The van der Waals surface area contributed by atoms with Gasteiger partial charge in [0.15, 0.2) is 0 Å². The molecule has 1 unspecified atom stereocenters. The summed E-state index contributed by atoms with van der Waals surface area (Å²) in [6.45, 7) is 2.52. The molecule has 1 atom stereocenters. The van der Waals surface area contributed by atoms with E-state index in [0.717, 1.165) is 18.5 Å². The molecule has 3 N–H and O–H groups in total. The Balaban J connectivity index is 2.34. The summed E-state index contributed by atoms with van der Waals surface area (Å²) in [5, 5.41) is 12.3. The van der Waals surface area contributed by atoms with Gasteiger partial charge in [0.25, 0.3) is 0 Å². The molecule has 0 radical (unpaired) electrons. The molecule has 1 aliphatic carbocycles. The maximum atomic E-state index is 9.14. The maximum Gasteiger partial charge on any atom is 0.144 e. The predicted molar refractivity (Wildman–Crippen MR) is 67.7 cm³/mol. The first kappa shape index (κ1) is 11.9. The zero-order valence-corrected chi connectivity index (χ0v) is 10.2. The van der Waals surface area contributed by atoms with E-state index in [0.29, 0.717) is 17.9 Å². The number of rotatable bonds is 3. The number of nitriles is 1. The first-order chi connectivity index (χ1) is 8.24. The van der Waals surface area contributed by atoms with E-state index < -0.39 is 0 Å². The van der Waals surface area contributed by atoms with Gasteiger partial charge >= 0.3 is 0 Å². The van der Waals surface area contributed by atoms with Gasteiger partial charge < -0.3 is 11.1 Å². The molecule has 0 aliphatic heterocycles. The van der Waals surface area contributed by atoms with Gasteiger partial charge in [-0.05, 0) is 44.2 Å². The second kappa shape index (κ2) is 5.15. The van der Waals surface area contributed by atoms with Gasteiger partial charge in [0.05, 0.1) is 5.56 Å². The van der Waals surface area contributed by atoms with Crippen LogP contribution in [0.15, 0.2) is 6.07 Å². The van der Waals surface area contributed by atoms with Crippen LogP contribution in [0.2, 0.25) is 0 Å². The minimum absolute atomic E-state index is 0.135. The summed E-state index contributed by atoms with van der Waals surface area (Å²) in [5.41, 5.74) is 8.58. The maximum absolute atomic E-state index is 9.14. The summed E-state index contributed by atoms with van der Waals surface area (Å²) in [7, 11) is 0. The average Bonchev–Trinajstić information content (AvgIpc) is 2.37. The molecular formula is C13H18N4. The number of aromatic nitrogens is 1. The normalized spacial score (nSPS) is 15.8. The van der Waals surface area contributed by atoms with E-state index in [1.54, 1.807) is 0 Å². The molecule has 1 heterocycles. The lowest BCUT2D eigenvalue weighted by Gasteiger charge is -2.19. The number of fused-ring (bicyclic) bond motifs is 1. The minimum atomic E-state index is 0.135. The Bertz CT molecular complexity index is 447. The molecule has 0 saturated carbocycles. The summed E-state index contributed by atoms with van der Waals surface area (Å²) in [6, 6.07) is 4.32. The third-order valence-corrected chi connectivity index (χ3v) is 3.16. The van der Waals surface area contributed by atoms with E-state index >= 15 is 0 Å². The van der Waals surface area contributed by atoms with Crippen molar-refractivity contribution in [1.82, 2.24) is 4.98 Å². The third-order valence-electron chi connectivity index (χ3n) is 3.16. The van der Waals surface area contributed by atoms with Gasteiger partial charge in [-0.25, -0.2) is 4.98 Å². The van der Waals surface area contributed by atoms with Crippen LogP contribution in [0.25, 0.3) is 0 Å². The SMILES string of the molecule is CC(CN)Nc1nc2c(cc1C#N)CCCC2. The first-order valence-electron chi connectivity index (χ1n) is 6.14. The predicted octanol–water partition coefficient (Wildman–Crippen LogP) is 1.59. The molecule has 4 nitrogen and oxygen atoms in total. The van der Waals surface area contributed by atoms with Gasteiger partial charge in [-0.2, -0.15) is 5.26 Å². The van der Waals surface area contributed by atoms with Gasteiger partial charge in [-0.15, -0.1) is 0 Å². The molecule has 2 rings (SSSR count). The molecular weight excluding hydrogens is 212 g/mol.